The number of ether oxygens (including phenoxy) is 1. The van der Waals surface area contributed by atoms with Crippen molar-refractivity contribution in [2.45, 2.75) is 43.8 Å². The molecule has 8 rings (SSSR count). The van der Waals surface area contributed by atoms with E-state index < -0.39 is 29.3 Å². The van der Waals surface area contributed by atoms with Gasteiger partial charge in [0.05, 0.1) is 15.9 Å². The van der Waals surface area contributed by atoms with E-state index in [1.165, 1.54) is 18.3 Å². The van der Waals surface area contributed by atoms with Gasteiger partial charge in [-0.3, -0.25) is 14.7 Å². The molecule has 3 aliphatic heterocycles. The highest BCUT2D eigenvalue weighted by Gasteiger charge is 2.49. The molecule has 1 amide bonds. The molecule has 7 heterocycles. The molecule has 0 spiro atoms. The Labute approximate surface area is 311 Å². The molecule has 0 radical (unpaired) electrons. The number of nitrogen functional groups attached to an aromatic ring is 1. The summed E-state index contributed by atoms with van der Waals surface area (Å²) in [5.41, 5.74) is 5.61. The van der Waals surface area contributed by atoms with Crippen LogP contribution in [0.1, 0.15) is 37.9 Å². The number of anilines is 2. The third-order valence-electron chi connectivity index (χ3n) is 10.3. The first kappa shape index (κ1) is 35.8. The highest BCUT2D eigenvalue weighted by atomic mass is 35.5. The lowest BCUT2D eigenvalue weighted by Gasteiger charge is -2.40. The van der Waals surface area contributed by atoms with Gasteiger partial charge in [0.25, 0.3) is 5.89 Å². The van der Waals surface area contributed by atoms with Crippen LogP contribution in [0.25, 0.3) is 39.1 Å². The molecule has 0 bridgehead atoms. The number of aromatic nitrogens is 6. The van der Waals surface area contributed by atoms with E-state index in [1.807, 2.05) is 4.90 Å². The molecular weight excluding hydrogens is 732 g/mol. The van der Waals surface area contributed by atoms with Gasteiger partial charge in [-0.25, -0.2) is 13.8 Å². The monoisotopic (exact) mass is 766 g/mol. The van der Waals surface area contributed by atoms with E-state index in [2.05, 4.69) is 30.0 Å². The van der Waals surface area contributed by atoms with Gasteiger partial charge in [0.2, 0.25) is 11.7 Å². The minimum Gasteiger partial charge on any atom is -0.461 e. The number of halogens is 5. The number of hydrogen-bond acceptors (Lipinski definition) is 12. The highest BCUT2D eigenvalue weighted by molar-refractivity contribution is 6.36. The first-order chi connectivity index (χ1) is 25.8. The maximum atomic E-state index is 16.8. The van der Waals surface area contributed by atoms with Crippen LogP contribution in [0.3, 0.4) is 0 Å². The number of rotatable bonds is 10. The van der Waals surface area contributed by atoms with Gasteiger partial charge in [-0.15, -0.1) is 0 Å². The Kier molecular flexibility index (Phi) is 9.03. The number of amides is 1. The molecule has 18 heteroatoms. The fourth-order valence-electron chi connectivity index (χ4n) is 7.72. The van der Waals surface area contributed by atoms with Crippen molar-refractivity contribution in [1.29, 1.82) is 0 Å². The zero-order valence-electron chi connectivity index (χ0n) is 29.3. The Morgan fingerprint density at radius 2 is 2.02 bits per heavy atom. The SMILES string of the molecule is CN(CC1CN(C(=O)/C=C/c2nc(C(C)(F)F)no2)C1)c1nc(OCC23CCCN2C[C@H](F)C3)nc2c(F)c(-c3nc(N)cc4cccc(Cl)c34)ncc12. The molecule has 0 aliphatic carbocycles. The lowest BCUT2D eigenvalue weighted by molar-refractivity contribution is -0.131. The molecule has 1 aromatic carbocycles. The number of pyridine rings is 2. The average molecular weight is 767 g/mol. The molecule has 5 aromatic rings. The number of carbonyl (C=O) groups is 1. The molecule has 282 valence electrons. The Morgan fingerprint density at radius 1 is 1.20 bits per heavy atom. The molecule has 0 saturated carbocycles. The maximum absolute atomic E-state index is 16.8. The number of carbonyl (C=O) groups excluding carboxylic acids is 1. The maximum Gasteiger partial charge on any atom is 0.319 e. The Morgan fingerprint density at radius 3 is 2.80 bits per heavy atom. The van der Waals surface area contributed by atoms with Crippen LogP contribution in [0.5, 0.6) is 6.01 Å². The van der Waals surface area contributed by atoms with Crippen LogP contribution < -0.4 is 15.4 Å². The quantitative estimate of drug-likeness (QED) is 0.138. The summed E-state index contributed by atoms with van der Waals surface area (Å²) in [7, 11) is 1.78. The predicted molar refractivity (Wildman–Crippen MR) is 192 cm³/mol. The molecule has 3 saturated heterocycles. The van der Waals surface area contributed by atoms with Gasteiger partial charge in [0.1, 0.15) is 41.3 Å². The second-order valence-electron chi connectivity index (χ2n) is 14.3. The van der Waals surface area contributed by atoms with Crippen molar-refractivity contribution in [3.05, 3.63) is 59.1 Å². The van der Waals surface area contributed by atoms with E-state index in [9.17, 15) is 18.0 Å². The van der Waals surface area contributed by atoms with Crippen LogP contribution in [-0.4, -0.2) is 104 Å². The van der Waals surface area contributed by atoms with E-state index in [0.717, 1.165) is 19.4 Å². The van der Waals surface area contributed by atoms with Crippen molar-refractivity contribution in [2.24, 2.45) is 5.92 Å². The summed E-state index contributed by atoms with van der Waals surface area (Å²) < 4.78 is 69.2. The van der Waals surface area contributed by atoms with Crippen LogP contribution >= 0.6 is 11.6 Å². The van der Waals surface area contributed by atoms with E-state index in [4.69, 9.17) is 31.6 Å². The lowest BCUT2D eigenvalue weighted by Crippen LogP contribution is -2.53. The molecular formula is C36H35ClF4N10O3. The normalized spacial score (nSPS) is 20.6. The summed E-state index contributed by atoms with van der Waals surface area (Å²) in [5, 5.41) is 5.04. The van der Waals surface area contributed by atoms with Crippen molar-refractivity contribution < 1.29 is 31.6 Å². The standard InChI is InChI=1S/C36H35ClF4N10O3/c1-35(40,41)33-45-25(54-48-33)7-8-26(52)50-15-19(16-50)14-49(2)32-22-13-43-31(30-27-20(11-24(42)44-30)5-3-6-23(27)37)28(39)29(22)46-34(47-32)53-18-36-9-4-10-51(36)17-21(38)12-36/h3,5-8,11,13,19,21H,4,9-10,12,14-18H2,1-2H3,(H2,42,44)/b8-7+/t21-,36?/m1/s1. The number of nitrogens with two attached hydrogens (primary N) is 1. The molecule has 3 aliphatic rings. The van der Waals surface area contributed by atoms with E-state index in [0.29, 0.717) is 66.5 Å². The summed E-state index contributed by atoms with van der Waals surface area (Å²) in [6.07, 6.45) is 4.90. The number of hydrogen-bond donors (Lipinski definition) is 1. The summed E-state index contributed by atoms with van der Waals surface area (Å²) in [6, 6.07) is 6.80. The van der Waals surface area contributed by atoms with Crippen LogP contribution in [0.15, 0.2) is 41.1 Å². The number of fused-ring (bicyclic) bond motifs is 3. The number of benzene rings is 1. The van der Waals surface area contributed by atoms with Gasteiger partial charge in [0.15, 0.2) is 5.82 Å². The van der Waals surface area contributed by atoms with Crippen molar-refractivity contribution in [3.63, 3.8) is 0 Å². The second kappa shape index (κ2) is 13.6. The Balaban J connectivity index is 1.07. The predicted octanol–water partition coefficient (Wildman–Crippen LogP) is 5.67. The zero-order valence-corrected chi connectivity index (χ0v) is 30.0. The summed E-state index contributed by atoms with van der Waals surface area (Å²) in [5.74, 6) is -4.89. The van der Waals surface area contributed by atoms with Gasteiger partial charge in [-0.2, -0.15) is 23.7 Å². The number of likely N-dealkylation sites (tertiary alicyclic amines) is 1. The molecule has 2 atom stereocenters. The molecule has 1 unspecified atom stereocenters. The zero-order chi connectivity index (χ0) is 37.9. The fraction of sp³-hybridized carbons (Fsp3) is 0.417. The minimum atomic E-state index is -3.27. The second-order valence-corrected chi connectivity index (χ2v) is 14.7. The van der Waals surface area contributed by atoms with Crippen molar-refractivity contribution in [1.82, 2.24) is 39.9 Å². The van der Waals surface area contributed by atoms with Crippen molar-refractivity contribution >= 4 is 56.9 Å². The highest BCUT2D eigenvalue weighted by Crippen LogP contribution is 2.41. The molecule has 13 nitrogen and oxygen atoms in total. The Hall–Kier alpha value is -5.16. The van der Waals surface area contributed by atoms with Crippen molar-refractivity contribution in [2.75, 3.05) is 57.0 Å². The molecule has 4 aromatic heterocycles. The molecule has 2 N–H and O–H groups in total. The third kappa shape index (κ3) is 6.63. The largest absolute Gasteiger partial charge is 0.461 e. The average Bonchev–Trinajstić information content (AvgIpc) is 3.82. The van der Waals surface area contributed by atoms with Gasteiger partial charge in [0, 0.05) is 76.2 Å². The van der Waals surface area contributed by atoms with Gasteiger partial charge in [-0.05, 0) is 36.9 Å². The van der Waals surface area contributed by atoms with Crippen LogP contribution in [0.2, 0.25) is 5.02 Å². The topological polar surface area (TPSA) is 153 Å². The van der Waals surface area contributed by atoms with Crippen molar-refractivity contribution in [3.8, 4) is 17.4 Å². The smallest absolute Gasteiger partial charge is 0.319 e. The van der Waals surface area contributed by atoms with Crippen LogP contribution in [0.4, 0.5) is 29.2 Å². The van der Waals surface area contributed by atoms with Crippen LogP contribution in [0, 0.1) is 11.7 Å². The minimum absolute atomic E-state index is 0.00326. The Bertz CT molecular complexity index is 2300. The molecule has 54 heavy (non-hydrogen) atoms. The lowest BCUT2D eigenvalue weighted by atomic mass is 9.95. The van der Waals surface area contributed by atoms with E-state index in [-0.39, 0.29) is 53.1 Å². The fourth-order valence-corrected chi connectivity index (χ4v) is 7.99. The first-order valence-corrected chi connectivity index (χ1v) is 17.8. The van der Waals surface area contributed by atoms with Gasteiger partial charge < -0.3 is 24.8 Å². The summed E-state index contributed by atoms with van der Waals surface area (Å²) in [6.45, 7) is 3.09. The van der Waals surface area contributed by atoms with Gasteiger partial charge in [-0.1, -0.05) is 28.9 Å². The molecule has 3 fully saturated rings. The summed E-state index contributed by atoms with van der Waals surface area (Å²) in [4.78, 5) is 40.0. The van der Waals surface area contributed by atoms with E-state index >= 15 is 4.39 Å². The third-order valence-corrected chi connectivity index (χ3v) is 10.6. The number of alkyl halides is 3. The van der Waals surface area contributed by atoms with Gasteiger partial charge >= 0.3 is 11.9 Å². The first-order valence-electron chi connectivity index (χ1n) is 17.4. The number of nitrogens with zero attached hydrogens (tertiary/aromatic N) is 9. The van der Waals surface area contributed by atoms with E-state index in [1.54, 1.807) is 36.2 Å². The summed E-state index contributed by atoms with van der Waals surface area (Å²) >= 11 is 6.57. The van der Waals surface area contributed by atoms with Crippen LogP contribution in [-0.2, 0) is 10.7 Å².